The van der Waals surface area contributed by atoms with Crippen molar-refractivity contribution in [1.29, 1.82) is 0 Å². The van der Waals surface area contributed by atoms with E-state index in [4.69, 9.17) is 5.73 Å². The van der Waals surface area contributed by atoms with Gasteiger partial charge in [-0.25, -0.2) is 9.18 Å². The van der Waals surface area contributed by atoms with Gasteiger partial charge in [-0.15, -0.1) is 12.4 Å². The summed E-state index contributed by atoms with van der Waals surface area (Å²) < 4.78 is 16.4. The maximum absolute atomic E-state index is 15.2. The van der Waals surface area contributed by atoms with Crippen LogP contribution in [0, 0.1) is 18.7 Å². The summed E-state index contributed by atoms with van der Waals surface area (Å²) in [5.41, 5.74) is 8.06. The number of carbonyl (C=O) groups is 1. The lowest BCUT2D eigenvalue weighted by atomic mass is 9.98. The standard InChI is InChI=1S/C22H26FN3O3.ClH/c1-12-18-15(14-2-3-14)8-16(21(28)29)20(27)26(18)11-17(23)19(12)25-7-4-13(10-25)9-22(24)5-6-22;/h8,11,13-14H,2-7,9-10,24H2,1H3,(H,28,29);1H. The van der Waals surface area contributed by atoms with Crippen LogP contribution in [0.5, 0.6) is 0 Å². The van der Waals surface area contributed by atoms with Gasteiger partial charge in [-0.3, -0.25) is 9.20 Å². The second-order valence-electron chi connectivity index (χ2n) is 9.23. The molecule has 6 nitrogen and oxygen atoms in total. The lowest BCUT2D eigenvalue weighted by Crippen LogP contribution is -2.29. The number of aromatic nitrogens is 1. The van der Waals surface area contributed by atoms with Gasteiger partial charge < -0.3 is 15.7 Å². The number of carboxylic acids is 1. The number of aryl methyl sites for hydroxylation is 1. The van der Waals surface area contributed by atoms with Crippen molar-refractivity contribution in [3.8, 4) is 0 Å². The third-order valence-electron chi connectivity index (χ3n) is 6.88. The molecule has 8 heteroatoms. The van der Waals surface area contributed by atoms with Crippen molar-refractivity contribution in [2.75, 3.05) is 18.0 Å². The first-order valence-electron chi connectivity index (χ1n) is 10.4. The van der Waals surface area contributed by atoms with Gasteiger partial charge in [0.2, 0.25) is 0 Å². The Bertz CT molecular complexity index is 1090. The van der Waals surface area contributed by atoms with Crippen LogP contribution in [-0.4, -0.2) is 34.1 Å². The summed E-state index contributed by atoms with van der Waals surface area (Å²) in [4.78, 5) is 26.3. The van der Waals surface area contributed by atoms with Crippen LogP contribution in [-0.2, 0) is 0 Å². The normalized spacial score (nSPS) is 22.2. The molecule has 2 aromatic heterocycles. The monoisotopic (exact) mass is 435 g/mol. The largest absolute Gasteiger partial charge is 0.477 e. The molecule has 1 saturated heterocycles. The van der Waals surface area contributed by atoms with Crippen LogP contribution >= 0.6 is 12.4 Å². The molecule has 0 amide bonds. The molecule has 0 bridgehead atoms. The fourth-order valence-corrected chi connectivity index (χ4v) is 5.03. The highest BCUT2D eigenvalue weighted by Gasteiger charge is 2.42. The van der Waals surface area contributed by atoms with Crippen LogP contribution in [0.3, 0.4) is 0 Å². The molecule has 0 radical (unpaired) electrons. The Hall–Kier alpha value is -2.12. The lowest BCUT2D eigenvalue weighted by molar-refractivity contribution is 0.0694. The van der Waals surface area contributed by atoms with Crippen molar-refractivity contribution in [3.63, 3.8) is 0 Å². The molecule has 1 atom stereocenters. The molecule has 3 heterocycles. The van der Waals surface area contributed by atoms with E-state index in [2.05, 4.69) is 4.90 Å². The van der Waals surface area contributed by atoms with Crippen LogP contribution < -0.4 is 16.2 Å². The molecular formula is C22H27ClFN3O3. The molecule has 3 N–H and O–H groups in total. The van der Waals surface area contributed by atoms with Crippen LogP contribution in [0.2, 0.25) is 0 Å². The number of nitrogens with two attached hydrogens (primary N) is 1. The minimum atomic E-state index is -1.27. The van der Waals surface area contributed by atoms with Crippen molar-refractivity contribution in [1.82, 2.24) is 4.40 Å². The van der Waals surface area contributed by atoms with E-state index in [9.17, 15) is 14.7 Å². The van der Waals surface area contributed by atoms with Gasteiger partial charge >= 0.3 is 5.97 Å². The summed E-state index contributed by atoms with van der Waals surface area (Å²) in [6.07, 6.45) is 7.22. The fraction of sp³-hybridized carbons (Fsp3) is 0.545. The minimum absolute atomic E-state index is 0. The lowest BCUT2D eigenvalue weighted by Gasteiger charge is -2.24. The molecule has 5 rings (SSSR count). The maximum atomic E-state index is 15.2. The summed E-state index contributed by atoms with van der Waals surface area (Å²) in [5, 5.41) is 9.42. The molecule has 2 saturated carbocycles. The van der Waals surface area contributed by atoms with E-state index >= 15 is 4.39 Å². The van der Waals surface area contributed by atoms with Crippen LogP contribution in [0.25, 0.3) is 5.52 Å². The Morgan fingerprint density at radius 1 is 1.33 bits per heavy atom. The Morgan fingerprint density at radius 2 is 2.03 bits per heavy atom. The van der Waals surface area contributed by atoms with Gasteiger partial charge in [0, 0.05) is 18.6 Å². The summed E-state index contributed by atoms with van der Waals surface area (Å²) in [6, 6.07) is 1.50. The predicted molar refractivity (Wildman–Crippen MR) is 116 cm³/mol. The predicted octanol–water partition coefficient (Wildman–Crippen LogP) is 3.45. The van der Waals surface area contributed by atoms with Gasteiger partial charge in [-0.05, 0) is 74.5 Å². The zero-order chi connectivity index (χ0) is 20.5. The number of aromatic carboxylic acids is 1. The van der Waals surface area contributed by atoms with Gasteiger partial charge in [-0.1, -0.05) is 0 Å². The quantitative estimate of drug-likeness (QED) is 0.751. The molecule has 2 aromatic rings. The van der Waals surface area contributed by atoms with Crippen LogP contribution in [0.1, 0.15) is 65.9 Å². The van der Waals surface area contributed by atoms with Gasteiger partial charge in [0.1, 0.15) is 5.56 Å². The van der Waals surface area contributed by atoms with Crippen molar-refractivity contribution >= 4 is 29.6 Å². The average molecular weight is 436 g/mol. The number of hydrogen-bond donors (Lipinski definition) is 2. The fourth-order valence-electron chi connectivity index (χ4n) is 5.03. The van der Waals surface area contributed by atoms with Crippen molar-refractivity contribution in [2.24, 2.45) is 11.7 Å². The third-order valence-corrected chi connectivity index (χ3v) is 6.88. The van der Waals surface area contributed by atoms with E-state index in [0.29, 0.717) is 17.1 Å². The Kier molecular flexibility index (Phi) is 5.10. The SMILES string of the molecule is Cc1c(N2CCC(CC3(N)CC3)C2)c(F)cn2c(=O)c(C(=O)O)cc(C3CC3)c12.Cl. The molecule has 0 spiro atoms. The first kappa shape index (κ1) is 21.1. The Balaban J connectivity index is 0.00000218. The zero-order valence-electron chi connectivity index (χ0n) is 17.0. The highest BCUT2D eigenvalue weighted by molar-refractivity contribution is 5.89. The van der Waals surface area contributed by atoms with Gasteiger partial charge in [0.25, 0.3) is 5.56 Å². The van der Waals surface area contributed by atoms with Gasteiger partial charge in [-0.2, -0.15) is 0 Å². The second kappa shape index (κ2) is 7.24. The molecule has 1 unspecified atom stereocenters. The van der Waals surface area contributed by atoms with E-state index in [-0.39, 0.29) is 29.4 Å². The number of hydrogen-bond acceptors (Lipinski definition) is 4. The first-order valence-corrected chi connectivity index (χ1v) is 10.4. The number of nitrogens with zero attached hydrogens (tertiary/aromatic N) is 2. The van der Waals surface area contributed by atoms with E-state index in [1.807, 2.05) is 6.92 Å². The van der Waals surface area contributed by atoms with Gasteiger partial charge in [0.05, 0.1) is 17.4 Å². The van der Waals surface area contributed by atoms with E-state index < -0.39 is 17.3 Å². The Morgan fingerprint density at radius 3 is 2.63 bits per heavy atom. The smallest absolute Gasteiger partial charge is 0.341 e. The van der Waals surface area contributed by atoms with Gasteiger partial charge in [0.15, 0.2) is 5.82 Å². The van der Waals surface area contributed by atoms with Crippen molar-refractivity contribution in [3.05, 3.63) is 45.1 Å². The van der Waals surface area contributed by atoms with Crippen molar-refractivity contribution < 1.29 is 14.3 Å². The number of carboxylic acid groups (broad SMARTS) is 1. The topological polar surface area (TPSA) is 88.0 Å². The minimum Gasteiger partial charge on any atom is -0.477 e. The maximum Gasteiger partial charge on any atom is 0.341 e. The molecule has 2 aliphatic carbocycles. The summed E-state index contributed by atoms with van der Waals surface area (Å²) in [7, 11) is 0. The number of fused-ring (bicyclic) bond motifs is 1. The molecule has 1 aliphatic heterocycles. The van der Waals surface area contributed by atoms with Crippen LogP contribution in [0.15, 0.2) is 17.1 Å². The molecule has 3 fully saturated rings. The molecular weight excluding hydrogens is 409 g/mol. The zero-order valence-corrected chi connectivity index (χ0v) is 17.8. The molecule has 30 heavy (non-hydrogen) atoms. The number of rotatable bonds is 5. The summed E-state index contributed by atoms with van der Waals surface area (Å²) >= 11 is 0. The average Bonchev–Trinajstić information content (AvgIpc) is 3.57. The highest BCUT2D eigenvalue weighted by Crippen LogP contribution is 2.45. The summed E-state index contributed by atoms with van der Waals surface area (Å²) in [6.45, 7) is 3.38. The summed E-state index contributed by atoms with van der Waals surface area (Å²) in [5.74, 6) is -1.06. The Labute approximate surface area is 180 Å². The van der Waals surface area contributed by atoms with Crippen molar-refractivity contribution in [2.45, 2.75) is 56.9 Å². The number of halogens is 2. The third kappa shape index (κ3) is 3.48. The first-order chi connectivity index (χ1) is 13.8. The second-order valence-corrected chi connectivity index (χ2v) is 9.23. The van der Waals surface area contributed by atoms with E-state index in [1.165, 1.54) is 16.7 Å². The number of pyridine rings is 2. The van der Waals surface area contributed by atoms with Crippen LogP contribution in [0.4, 0.5) is 10.1 Å². The number of anilines is 1. The molecule has 162 valence electrons. The highest BCUT2D eigenvalue weighted by atomic mass is 35.5. The van der Waals surface area contributed by atoms with E-state index in [0.717, 1.165) is 62.7 Å². The van der Waals surface area contributed by atoms with E-state index in [1.54, 1.807) is 0 Å². The molecule has 0 aromatic carbocycles. The molecule has 3 aliphatic rings.